The van der Waals surface area contributed by atoms with E-state index in [1.165, 1.54) is 12.1 Å². The lowest BCUT2D eigenvalue weighted by Gasteiger charge is -2.20. The summed E-state index contributed by atoms with van der Waals surface area (Å²) in [6.07, 6.45) is 4.16. The number of carbonyl (C=O) groups is 1. The maximum atomic E-state index is 12.8. The monoisotopic (exact) mass is 460 g/mol. The molecule has 0 saturated carbocycles. The lowest BCUT2D eigenvalue weighted by Crippen LogP contribution is -2.32. The molecule has 9 heteroatoms. The van der Waals surface area contributed by atoms with Crippen LogP contribution in [-0.2, 0) is 15.6 Å². The van der Waals surface area contributed by atoms with Crippen LogP contribution in [0.15, 0.2) is 35.2 Å². The molecule has 2 aromatic rings. The average molecular weight is 462 g/mol. The van der Waals surface area contributed by atoms with E-state index in [0.29, 0.717) is 13.1 Å². The van der Waals surface area contributed by atoms with Gasteiger partial charge in [-0.25, -0.2) is 13.4 Å². The molecule has 0 spiro atoms. The first kappa shape index (κ1) is 21.4. The molecule has 1 amide bonds. The van der Waals surface area contributed by atoms with E-state index in [4.69, 9.17) is 34.8 Å². The second-order valence-electron chi connectivity index (χ2n) is 6.68. The molecule has 0 atom stereocenters. The van der Waals surface area contributed by atoms with Crippen LogP contribution in [0, 0.1) is 0 Å². The highest BCUT2D eigenvalue weighted by atomic mass is 35.5. The predicted octanol–water partition coefficient (Wildman–Crippen LogP) is 5.03. The van der Waals surface area contributed by atoms with Crippen molar-refractivity contribution >= 4 is 50.5 Å². The van der Waals surface area contributed by atoms with E-state index in [-0.39, 0.29) is 37.3 Å². The summed E-state index contributed by atoms with van der Waals surface area (Å²) in [5, 5.41) is 0.266. The third-order valence-electron chi connectivity index (χ3n) is 4.57. The van der Waals surface area contributed by atoms with Crippen LogP contribution in [-0.4, -0.2) is 37.3 Å². The normalized spacial score (nSPS) is 15.3. The van der Waals surface area contributed by atoms with Crippen molar-refractivity contribution in [1.82, 2.24) is 9.88 Å². The minimum absolute atomic E-state index is 0.00815. The van der Waals surface area contributed by atoms with Gasteiger partial charge >= 0.3 is 0 Å². The van der Waals surface area contributed by atoms with Crippen molar-refractivity contribution in [1.29, 1.82) is 0 Å². The SMILES string of the molecule is O=C(c1cccc(CS(=O)(=O)c2cc(Cl)c(Cl)cc2Cl)n1)N1CCCCCC1. The van der Waals surface area contributed by atoms with Crippen molar-refractivity contribution in [3.05, 3.63) is 56.8 Å². The minimum atomic E-state index is -3.82. The van der Waals surface area contributed by atoms with Gasteiger partial charge < -0.3 is 4.90 Å². The van der Waals surface area contributed by atoms with E-state index in [9.17, 15) is 13.2 Å². The van der Waals surface area contributed by atoms with Crippen LogP contribution in [0.3, 0.4) is 0 Å². The summed E-state index contributed by atoms with van der Waals surface area (Å²) < 4.78 is 25.6. The molecule has 0 unspecified atom stereocenters. The van der Waals surface area contributed by atoms with Crippen molar-refractivity contribution in [2.24, 2.45) is 0 Å². The van der Waals surface area contributed by atoms with Crippen molar-refractivity contribution in [3.8, 4) is 0 Å². The van der Waals surface area contributed by atoms with Crippen molar-refractivity contribution in [3.63, 3.8) is 0 Å². The fourth-order valence-corrected chi connectivity index (χ4v) is 5.45. The molecule has 1 aromatic heterocycles. The zero-order valence-electron chi connectivity index (χ0n) is 15.0. The first-order valence-electron chi connectivity index (χ1n) is 8.90. The number of sulfone groups is 1. The molecule has 1 fully saturated rings. The van der Waals surface area contributed by atoms with Crippen LogP contribution in [0.25, 0.3) is 0 Å². The number of rotatable bonds is 4. The number of carbonyl (C=O) groups excluding carboxylic acids is 1. The van der Waals surface area contributed by atoms with E-state index in [2.05, 4.69) is 4.98 Å². The smallest absolute Gasteiger partial charge is 0.272 e. The molecule has 150 valence electrons. The second kappa shape index (κ2) is 8.99. The highest BCUT2D eigenvalue weighted by molar-refractivity contribution is 7.90. The first-order valence-corrected chi connectivity index (χ1v) is 11.7. The standard InChI is InChI=1S/C19H19Cl3N2O3S/c20-14-10-16(22)18(11-15(14)21)28(26,27)12-13-6-5-7-17(23-13)19(25)24-8-3-1-2-4-9-24/h5-7,10-11H,1-4,8-9,12H2. The van der Waals surface area contributed by atoms with E-state index in [1.54, 1.807) is 23.1 Å². The van der Waals surface area contributed by atoms with Crippen molar-refractivity contribution in [2.75, 3.05) is 13.1 Å². The molecule has 1 aromatic carbocycles. The number of aromatic nitrogens is 1. The van der Waals surface area contributed by atoms with E-state index >= 15 is 0 Å². The summed E-state index contributed by atoms with van der Waals surface area (Å²) in [6, 6.07) is 7.34. The van der Waals surface area contributed by atoms with Crippen LogP contribution in [0.5, 0.6) is 0 Å². The van der Waals surface area contributed by atoms with Gasteiger partial charge in [-0.3, -0.25) is 4.79 Å². The third-order valence-corrected chi connectivity index (χ3v) is 7.40. The number of hydrogen-bond donors (Lipinski definition) is 0. The number of nitrogens with zero attached hydrogens (tertiary/aromatic N) is 2. The molecule has 0 radical (unpaired) electrons. The number of halogens is 3. The predicted molar refractivity (Wildman–Crippen MR) is 111 cm³/mol. The largest absolute Gasteiger partial charge is 0.337 e. The zero-order chi connectivity index (χ0) is 20.3. The molecule has 1 aliphatic heterocycles. The van der Waals surface area contributed by atoms with Gasteiger partial charge in [-0.2, -0.15) is 0 Å². The Labute approximate surface area is 179 Å². The van der Waals surface area contributed by atoms with Gasteiger partial charge in [0.25, 0.3) is 5.91 Å². The van der Waals surface area contributed by atoms with Crippen molar-refractivity contribution < 1.29 is 13.2 Å². The van der Waals surface area contributed by atoms with Crippen LogP contribution < -0.4 is 0 Å². The van der Waals surface area contributed by atoms with Gasteiger partial charge in [0.2, 0.25) is 0 Å². The average Bonchev–Trinajstić information content (AvgIpc) is 2.93. The van der Waals surface area contributed by atoms with Gasteiger partial charge in [0, 0.05) is 13.1 Å². The Morgan fingerprint density at radius 1 is 0.964 bits per heavy atom. The van der Waals surface area contributed by atoms with E-state index in [1.807, 2.05) is 0 Å². The topological polar surface area (TPSA) is 67.3 Å². The Morgan fingerprint density at radius 2 is 1.61 bits per heavy atom. The zero-order valence-corrected chi connectivity index (χ0v) is 18.1. The number of amides is 1. The summed E-state index contributed by atoms with van der Waals surface area (Å²) in [7, 11) is -3.82. The van der Waals surface area contributed by atoms with Gasteiger partial charge in [0.15, 0.2) is 9.84 Å². The van der Waals surface area contributed by atoms with Gasteiger partial charge in [-0.15, -0.1) is 0 Å². The molecule has 3 rings (SSSR count). The maximum absolute atomic E-state index is 12.8. The highest BCUT2D eigenvalue weighted by Gasteiger charge is 2.23. The molecular weight excluding hydrogens is 443 g/mol. The summed E-state index contributed by atoms with van der Waals surface area (Å²) in [4.78, 5) is 18.7. The van der Waals surface area contributed by atoms with Crippen LogP contribution >= 0.6 is 34.8 Å². The number of benzene rings is 1. The fraction of sp³-hybridized carbons (Fsp3) is 0.368. The lowest BCUT2D eigenvalue weighted by atomic mass is 10.2. The van der Waals surface area contributed by atoms with Crippen LogP contribution in [0.4, 0.5) is 0 Å². The Hall–Kier alpha value is -1.34. The second-order valence-corrected chi connectivity index (χ2v) is 9.86. The fourth-order valence-electron chi connectivity index (χ4n) is 3.13. The maximum Gasteiger partial charge on any atom is 0.272 e. The van der Waals surface area contributed by atoms with Crippen molar-refractivity contribution in [2.45, 2.75) is 36.3 Å². The Kier molecular flexibility index (Phi) is 6.86. The van der Waals surface area contributed by atoms with Gasteiger partial charge in [0.05, 0.1) is 31.4 Å². The summed E-state index contributed by atoms with van der Waals surface area (Å²) in [5.41, 5.74) is 0.512. The Morgan fingerprint density at radius 3 is 2.29 bits per heavy atom. The lowest BCUT2D eigenvalue weighted by molar-refractivity contribution is 0.0755. The first-order chi connectivity index (χ1) is 13.3. The van der Waals surface area contributed by atoms with E-state index in [0.717, 1.165) is 25.7 Å². The molecule has 0 N–H and O–H groups in total. The van der Waals surface area contributed by atoms with Crippen LogP contribution in [0.1, 0.15) is 41.9 Å². The van der Waals surface area contributed by atoms with E-state index < -0.39 is 15.6 Å². The molecule has 0 bridgehead atoms. The summed E-state index contributed by atoms with van der Waals surface area (Å²) >= 11 is 17.9. The molecule has 1 aliphatic rings. The Bertz CT molecular complexity index is 988. The molecule has 28 heavy (non-hydrogen) atoms. The summed E-state index contributed by atoms with van der Waals surface area (Å²) in [6.45, 7) is 1.39. The highest BCUT2D eigenvalue weighted by Crippen LogP contribution is 2.33. The quantitative estimate of drug-likeness (QED) is 0.599. The molecule has 1 saturated heterocycles. The van der Waals surface area contributed by atoms with Gasteiger partial charge in [-0.1, -0.05) is 53.7 Å². The number of hydrogen-bond acceptors (Lipinski definition) is 4. The molecular formula is C19H19Cl3N2O3S. The molecule has 2 heterocycles. The van der Waals surface area contributed by atoms with Gasteiger partial charge in [-0.05, 0) is 37.1 Å². The molecule has 5 nitrogen and oxygen atoms in total. The third kappa shape index (κ3) is 4.98. The number of likely N-dealkylation sites (tertiary alicyclic amines) is 1. The summed E-state index contributed by atoms with van der Waals surface area (Å²) in [5.74, 6) is -0.570. The molecule has 0 aliphatic carbocycles. The number of pyridine rings is 1. The minimum Gasteiger partial charge on any atom is -0.337 e. The Balaban J connectivity index is 1.84. The van der Waals surface area contributed by atoms with Gasteiger partial charge in [0.1, 0.15) is 5.69 Å². The van der Waals surface area contributed by atoms with Crippen LogP contribution in [0.2, 0.25) is 15.1 Å².